The molecule has 0 bridgehead atoms. The smallest absolute Gasteiger partial charge is 0.141 e. The topological polar surface area (TPSA) is 30.7 Å². The van der Waals surface area contributed by atoms with Crippen LogP contribution in [0.5, 0.6) is 0 Å². The van der Waals surface area contributed by atoms with Crippen molar-refractivity contribution < 1.29 is 4.39 Å². The number of hydrogen-bond acceptors (Lipinski definition) is 2. The van der Waals surface area contributed by atoms with Crippen LogP contribution in [0.1, 0.15) is 0 Å². The lowest BCUT2D eigenvalue weighted by molar-refractivity contribution is 0.627. The first-order valence-electron chi connectivity index (χ1n) is 8.59. The van der Waals surface area contributed by atoms with Crippen molar-refractivity contribution >= 4 is 49.3 Å². The lowest BCUT2D eigenvalue weighted by Gasteiger charge is -2.07. The van der Waals surface area contributed by atoms with Crippen molar-refractivity contribution in [2.75, 3.05) is 0 Å². The van der Waals surface area contributed by atoms with Crippen LogP contribution in [-0.2, 0) is 0 Å². The Labute approximate surface area is 173 Å². The summed E-state index contributed by atoms with van der Waals surface area (Å²) in [6.07, 6.45) is 1.84. The summed E-state index contributed by atoms with van der Waals surface area (Å²) in [6.45, 7) is 0. The van der Waals surface area contributed by atoms with E-state index in [1.807, 2.05) is 54.7 Å². The quantitative estimate of drug-likeness (QED) is 0.295. The molecule has 6 heteroatoms. The highest BCUT2D eigenvalue weighted by Crippen LogP contribution is 2.35. The molecule has 0 radical (unpaired) electrons. The molecule has 0 aliphatic heterocycles. The van der Waals surface area contributed by atoms with E-state index in [0.29, 0.717) is 5.69 Å². The Kier molecular flexibility index (Phi) is 4.14. The first-order chi connectivity index (χ1) is 13.6. The highest BCUT2D eigenvalue weighted by molar-refractivity contribution is 9.10. The summed E-state index contributed by atoms with van der Waals surface area (Å²) in [6, 6.07) is 20.5. The van der Waals surface area contributed by atoms with Crippen LogP contribution < -0.4 is 0 Å². The van der Waals surface area contributed by atoms with Crippen LogP contribution in [-0.4, -0.2) is 14.8 Å². The molecule has 5 aromatic rings. The van der Waals surface area contributed by atoms with Gasteiger partial charge in [0, 0.05) is 27.0 Å². The van der Waals surface area contributed by atoms with Crippen molar-refractivity contribution in [2.45, 2.75) is 0 Å². The predicted molar refractivity (Wildman–Crippen MR) is 114 cm³/mol. The molecule has 0 amide bonds. The van der Waals surface area contributed by atoms with Crippen LogP contribution >= 0.6 is 27.5 Å². The van der Waals surface area contributed by atoms with Crippen LogP contribution in [0.2, 0.25) is 5.02 Å². The second kappa shape index (κ2) is 6.69. The number of fused-ring (bicyclic) bond motifs is 3. The van der Waals surface area contributed by atoms with Crippen LogP contribution in [0.15, 0.2) is 77.4 Å². The summed E-state index contributed by atoms with van der Waals surface area (Å²) in [5.74, 6) is -0.459. The van der Waals surface area contributed by atoms with Gasteiger partial charge in [0.1, 0.15) is 11.5 Å². The summed E-state index contributed by atoms with van der Waals surface area (Å²) in [7, 11) is 0. The number of hydrogen-bond donors (Lipinski definition) is 0. The van der Waals surface area contributed by atoms with Gasteiger partial charge in [-0.25, -0.2) is 9.07 Å². The van der Waals surface area contributed by atoms with Gasteiger partial charge in [0.25, 0.3) is 0 Å². The monoisotopic (exact) mass is 451 g/mol. The summed E-state index contributed by atoms with van der Waals surface area (Å²) in [5, 5.41) is 6.78. The van der Waals surface area contributed by atoms with E-state index in [0.717, 1.165) is 37.5 Å². The minimum absolute atomic E-state index is 0.0574. The maximum Gasteiger partial charge on any atom is 0.141 e. The van der Waals surface area contributed by atoms with Crippen molar-refractivity contribution in [1.82, 2.24) is 14.8 Å². The molecular weight excluding hydrogens is 441 g/mol. The summed E-state index contributed by atoms with van der Waals surface area (Å²) in [5.41, 5.74) is 4.23. The van der Waals surface area contributed by atoms with E-state index < -0.39 is 5.82 Å². The number of aromatic nitrogens is 3. The number of pyridine rings is 1. The summed E-state index contributed by atoms with van der Waals surface area (Å²) >= 11 is 9.59. The maximum absolute atomic E-state index is 13.7. The van der Waals surface area contributed by atoms with E-state index >= 15 is 0 Å². The molecule has 0 unspecified atom stereocenters. The van der Waals surface area contributed by atoms with Crippen molar-refractivity contribution in [3.05, 3.63) is 88.2 Å². The van der Waals surface area contributed by atoms with Crippen LogP contribution in [0, 0.1) is 5.82 Å². The lowest BCUT2D eigenvalue weighted by atomic mass is 10.1. The van der Waals surface area contributed by atoms with E-state index in [1.54, 1.807) is 16.8 Å². The van der Waals surface area contributed by atoms with Crippen molar-refractivity contribution in [3.8, 4) is 16.9 Å². The number of nitrogens with zero attached hydrogens (tertiary/aromatic N) is 3. The van der Waals surface area contributed by atoms with Gasteiger partial charge in [0.2, 0.25) is 0 Å². The molecule has 3 nitrogen and oxygen atoms in total. The van der Waals surface area contributed by atoms with Gasteiger partial charge in [-0.15, -0.1) is 0 Å². The Bertz CT molecular complexity index is 1350. The molecule has 3 aromatic carbocycles. The van der Waals surface area contributed by atoms with E-state index in [2.05, 4.69) is 20.9 Å². The van der Waals surface area contributed by atoms with Gasteiger partial charge < -0.3 is 0 Å². The molecule has 2 aromatic heterocycles. The SMILES string of the molecule is Fc1ccc(-n2nc(-c3ccccc3)c3cnc4ccc(Br)cc4c32)cc1Cl. The van der Waals surface area contributed by atoms with E-state index in [1.165, 1.54) is 6.07 Å². The third-order valence-electron chi connectivity index (χ3n) is 4.66. The van der Waals surface area contributed by atoms with Crippen LogP contribution in [0.25, 0.3) is 38.8 Å². The van der Waals surface area contributed by atoms with Crippen molar-refractivity contribution in [2.24, 2.45) is 0 Å². The fourth-order valence-electron chi connectivity index (χ4n) is 3.37. The highest BCUT2D eigenvalue weighted by atomic mass is 79.9. The summed E-state index contributed by atoms with van der Waals surface area (Å²) < 4.78 is 16.5. The molecule has 28 heavy (non-hydrogen) atoms. The Morgan fingerprint density at radius 3 is 2.54 bits per heavy atom. The molecule has 5 rings (SSSR count). The molecule has 136 valence electrons. The van der Waals surface area contributed by atoms with E-state index in [4.69, 9.17) is 16.7 Å². The first-order valence-corrected chi connectivity index (χ1v) is 9.77. The van der Waals surface area contributed by atoms with Gasteiger partial charge in [0.15, 0.2) is 0 Å². The third-order valence-corrected chi connectivity index (χ3v) is 5.45. The Morgan fingerprint density at radius 1 is 0.929 bits per heavy atom. The molecule has 0 aliphatic rings. The zero-order valence-electron chi connectivity index (χ0n) is 14.4. The van der Waals surface area contributed by atoms with Crippen molar-refractivity contribution in [3.63, 3.8) is 0 Å². The minimum atomic E-state index is -0.459. The molecule has 2 heterocycles. The summed E-state index contributed by atoms with van der Waals surface area (Å²) in [4.78, 5) is 4.62. The van der Waals surface area contributed by atoms with Crippen molar-refractivity contribution in [1.29, 1.82) is 0 Å². The molecule has 0 fully saturated rings. The second-order valence-corrected chi connectivity index (χ2v) is 7.73. The average Bonchev–Trinajstić information content (AvgIpc) is 3.11. The lowest BCUT2D eigenvalue weighted by Crippen LogP contribution is -1.98. The van der Waals surface area contributed by atoms with Gasteiger partial charge in [-0.3, -0.25) is 4.98 Å². The fraction of sp³-hybridized carbons (Fsp3) is 0. The molecule has 0 atom stereocenters. The minimum Gasteiger partial charge on any atom is -0.255 e. The van der Waals surface area contributed by atoms with Gasteiger partial charge in [-0.2, -0.15) is 5.10 Å². The normalized spacial score (nSPS) is 11.4. The average molecular weight is 453 g/mol. The number of benzene rings is 3. The van der Waals surface area contributed by atoms with E-state index in [-0.39, 0.29) is 5.02 Å². The van der Waals surface area contributed by atoms with Gasteiger partial charge in [-0.05, 0) is 36.4 Å². The van der Waals surface area contributed by atoms with Crippen LogP contribution in [0.4, 0.5) is 4.39 Å². The predicted octanol–water partition coefficient (Wildman–Crippen LogP) is 6.80. The highest BCUT2D eigenvalue weighted by Gasteiger charge is 2.17. The Balaban J connectivity index is 1.92. The molecule has 0 saturated heterocycles. The maximum atomic E-state index is 13.7. The zero-order chi connectivity index (χ0) is 19.3. The second-order valence-electron chi connectivity index (χ2n) is 6.41. The Morgan fingerprint density at radius 2 is 1.75 bits per heavy atom. The third kappa shape index (κ3) is 2.79. The first kappa shape index (κ1) is 17.3. The van der Waals surface area contributed by atoms with Gasteiger partial charge >= 0.3 is 0 Å². The fourth-order valence-corrected chi connectivity index (χ4v) is 3.90. The number of rotatable bonds is 2. The Hall–Kier alpha value is -2.76. The molecule has 0 aliphatic carbocycles. The molecule has 0 spiro atoms. The molecular formula is C22H12BrClFN3. The largest absolute Gasteiger partial charge is 0.255 e. The van der Waals surface area contributed by atoms with Gasteiger partial charge in [-0.1, -0.05) is 57.9 Å². The standard InChI is InChI=1S/C22H12BrClFN3/c23-14-6-9-20-16(10-14)22-17(12-26-20)21(13-4-2-1-3-5-13)27-28(22)15-7-8-19(25)18(24)11-15/h1-12H. The molecule has 0 N–H and O–H groups in total. The van der Waals surface area contributed by atoms with E-state index in [9.17, 15) is 4.39 Å². The van der Waals surface area contributed by atoms with Gasteiger partial charge in [0.05, 0.1) is 21.7 Å². The van der Waals surface area contributed by atoms with Crippen LogP contribution in [0.3, 0.4) is 0 Å². The molecule has 0 saturated carbocycles. The zero-order valence-corrected chi connectivity index (χ0v) is 16.7. The number of halogens is 3.